The van der Waals surface area contributed by atoms with E-state index >= 15 is 0 Å². The van der Waals surface area contributed by atoms with Crippen molar-refractivity contribution in [3.63, 3.8) is 0 Å². The summed E-state index contributed by atoms with van der Waals surface area (Å²) in [5, 5.41) is 2.99. The van der Waals surface area contributed by atoms with Crippen LogP contribution in [0.1, 0.15) is 96.8 Å². The molecule has 0 aliphatic carbocycles. The number of amides is 1. The lowest BCUT2D eigenvalue weighted by atomic mass is 10.1. The smallest absolute Gasteiger partial charge is 0.224 e. The summed E-state index contributed by atoms with van der Waals surface area (Å²) in [5.41, 5.74) is 2.02. The van der Waals surface area contributed by atoms with Crippen LogP contribution in [0, 0.1) is 0 Å². The van der Waals surface area contributed by atoms with Gasteiger partial charge in [-0.15, -0.1) is 0 Å². The second-order valence-corrected chi connectivity index (χ2v) is 8.32. The molecule has 1 aromatic carbocycles. The summed E-state index contributed by atoms with van der Waals surface area (Å²) in [6, 6.07) is 7.98. The third-order valence-corrected chi connectivity index (χ3v) is 5.33. The minimum atomic E-state index is 0.125. The van der Waals surface area contributed by atoms with Crippen molar-refractivity contribution in [3.8, 4) is 0 Å². The standard InChI is InChI=1S/C26H44N2O/c1-4-5-6-7-8-9-10-11-12-13-14-15-16-17-18-19-26(29)27-24-20-22-25(23-21-24)28(2)3/h11-12,20-23H,4-10,13-19H2,1-3H3,(H,27,29)/b12-11-. The molecule has 1 amide bonds. The van der Waals surface area contributed by atoms with Crippen molar-refractivity contribution < 1.29 is 4.79 Å². The van der Waals surface area contributed by atoms with Crippen LogP contribution in [-0.2, 0) is 4.79 Å². The SMILES string of the molecule is CCCCCCCC/C=C\CCCCCCCC(=O)Nc1ccc(N(C)C)cc1. The lowest BCUT2D eigenvalue weighted by molar-refractivity contribution is -0.116. The van der Waals surface area contributed by atoms with Crippen molar-refractivity contribution >= 4 is 17.3 Å². The molecule has 164 valence electrons. The van der Waals surface area contributed by atoms with Crippen LogP contribution in [0.4, 0.5) is 11.4 Å². The molecular weight excluding hydrogens is 356 g/mol. The number of hydrogen-bond acceptors (Lipinski definition) is 2. The molecule has 1 N–H and O–H groups in total. The van der Waals surface area contributed by atoms with E-state index in [9.17, 15) is 4.79 Å². The first-order valence-corrected chi connectivity index (χ1v) is 11.9. The normalized spacial score (nSPS) is 11.1. The molecule has 3 heteroatoms. The van der Waals surface area contributed by atoms with E-state index in [1.165, 1.54) is 70.6 Å². The predicted octanol–water partition coefficient (Wildman–Crippen LogP) is 7.73. The van der Waals surface area contributed by atoms with E-state index in [4.69, 9.17) is 0 Å². The Morgan fingerprint density at radius 1 is 0.793 bits per heavy atom. The Morgan fingerprint density at radius 3 is 1.86 bits per heavy atom. The molecule has 3 nitrogen and oxygen atoms in total. The highest BCUT2D eigenvalue weighted by molar-refractivity contribution is 5.90. The second kappa shape index (κ2) is 17.1. The van der Waals surface area contributed by atoms with Gasteiger partial charge >= 0.3 is 0 Å². The Kier molecular flexibility index (Phi) is 14.9. The predicted molar refractivity (Wildman–Crippen MR) is 129 cm³/mol. The van der Waals surface area contributed by atoms with Crippen LogP contribution >= 0.6 is 0 Å². The first-order valence-electron chi connectivity index (χ1n) is 11.9. The van der Waals surface area contributed by atoms with Gasteiger partial charge in [0.15, 0.2) is 0 Å². The molecular formula is C26H44N2O. The van der Waals surface area contributed by atoms with Gasteiger partial charge in [0.25, 0.3) is 0 Å². The topological polar surface area (TPSA) is 32.3 Å². The fourth-order valence-corrected chi connectivity index (χ4v) is 3.42. The van der Waals surface area contributed by atoms with Crippen molar-refractivity contribution in [2.75, 3.05) is 24.3 Å². The maximum atomic E-state index is 12.0. The molecule has 0 saturated carbocycles. The van der Waals surface area contributed by atoms with E-state index in [1.54, 1.807) is 0 Å². The van der Waals surface area contributed by atoms with Gasteiger partial charge in [0.05, 0.1) is 0 Å². The van der Waals surface area contributed by atoms with Gasteiger partial charge in [-0.1, -0.05) is 70.4 Å². The van der Waals surface area contributed by atoms with Gasteiger partial charge in [-0.3, -0.25) is 4.79 Å². The average molecular weight is 401 g/mol. The van der Waals surface area contributed by atoms with Gasteiger partial charge in [-0.2, -0.15) is 0 Å². The van der Waals surface area contributed by atoms with E-state index in [0.29, 0.717) is 6.42 Å². The quantitative estimate of drug-likeness (QED) is 0.214. The van der Waals surface area contributed by atoms with Gasteiger partial charge in [0.2, 0.25) is 5.91 Å². The van der Waals surface area contributed by atoms with Crippen LogP contribution < -0.4 is 10.2 Å². The highest BCUT2D eigenvalue weighted by Gasteiger charge is 2.03. The van der Waals surface area contributed by atoms with Gasteiger partial charge in [0.1, 0.15) is 0 Å². The minimum Gasteiger partial charge on any atom is -0.378 e. The molecule has 0 heterocycles. The lowest BCUT2D eigenvalue weighted by Crippen LogP contribution is -2.12. The van der Waals surface area contributed by atoms with E-state index < -0.39 is 0 Å². The summed E-state index contributed by atoms with van der Waals surface area (Å²) in [6.45, 7) is 2.27. The van der Waals surface area contributed by atoms with Crippen LogP contribution in [0.25, 0.3) is 0 Å². The number of anilines is 2. The monoisotopic (exact) mass is 400 g/mol. The Bertz CT molecular complexity index is 548. The van der Waals surface area contributed by atoms with Crippen molar-refractivity contribution in [2.24, 2.45) is 0 Å². The number of hydrogen-bond donors (Lipinski definition) is 1. The molecule has 1 aromatic rings. The Balaban J connectivity index is 1.92. The van der Waals surface area contributed by atoms with Gasteiger partial charge in [-0.25, -0.2) is 0 Å². The largest absolute Gasteiger partial charge is 0.378 e. The number of carbonyl (C=O) groups excluding carboxylic acids is 1. The molecule has 0 fully saturated rings. The zero-order valence-corrected chi connectivity index (χ0v) is 19.2. The summed E-state index contributed by atoms with van der Waals surface area (Å²) in [7, 11) is 4.03. The lowest BCUT2D eigenvalue weighted by Gasteiger charge is -2.13. The van der Waals surface area contributed by atoms with Gasteiger partial charge in [0, 0.05) is 31.9 Å². The molecule has 0 unspecified atom stereocenters. The zero-order valence-electron chi connectivity index (χ0n) is 19.2. The maximum absolute atomic E-state index is 12.0. The van der Waals surface area contributed by atoms with Crippen molar-refractivity contribution in [3.05, 3.63) is 36.4 Å². The molecule has 0 spiro atoms. The van der Waals surface area contributed by atoms with Crippen LogP contribution in [0.2, 0.25) is 0 Å². The molecule has 0 aliphatic rings. The number of unbranched alkanes of at least 4 members (excludes halogenated alkanes) is 11. The van der Waals surface area contributed by atoms with Crippen molar-refractivity contribution in [1.82, 2.24) is 0 Å². The number of carbonyl (C=O) groups is 1. The number of nitrogens with one attached hydrogen (secondary N) is 1. The molecule has 1 rings (SSSR count). The second-order valence-electron chi connectivity index (χ2n) is 8.32. The fourth-order valence-electron chi connectivity index (χ4n) is 3.42. The van der Waals surface area contributed by atoms with Gasteiger partial charge in [-0.05, 0) is 56.4 Å². The first kappa shape index (κ1) is 25.3. The molecule has 0 radical (unpaired) electrons. The third-order valence-electron chi connectivity index (χ3n) is 5.33. The number of nitrogens with zero attached hydrogens (tertiary/aromatic N) is 1. The van der Waals surface area contributed by atoms with Gasteiger partial charge < -0.3 is 10.2 Å². The first-order chi connectivity index (χ1) is 14.1. The van der Waals surface area contributed by atoms with Crippen molar-refractivity contribution in [2.45, 2.75) is 96.8 Å². The molecule has 0 bridgehead atoms. The number of allylic oxidation sites excluding steroid dienone is 2. The Hall–Kier alpha value is -1.77. The summed E-state index contributed by atoms with van der Waals surface area (Å²) in [6.07, 6.45) is 22.0. The Morgan fingerprint density at radius 2 is 1.31 bits per heavy atom. The zero-order chi connectivity index (χ0) is 21.2. The Labute approximate surface area is 180 Å². The van der Waals surface area contributed by atoms with E-state index in [0.717, 1.165) is 24.2 Å². The summed E-state index contributed by atoms with van der Waals surface area (Å²) < 4.78 is 0. The fraction of sp³-hybridized carbons (Fsp3) is 0.654. The molecule has 0 aromatic heterocycles. The van der Waals surface area contributed by atoms with E-state index in [-0.39, 0.29) is 5.91 Å². The highest BCUT2D eigenvalue weighted by Crippen LogP contribution is 2.16. The van der Waals surface area contributed by atoms with Crippen LogP contribution in [0.3, 0.4) is 0 Å². The average Bonchev–Trinajstić information content (AvgIpc) is 2.71. The highest BCUT2D eigenvalue weighted by atomic mass is 16.1. The van der Waals surface area contributed by atoms with Crippen LogP contribution in [-0.4, -0.2) is 20.0 Å². The minimum absolute atomic E-state index is 0.125. The molecule has 29 heavy (non-hydrogen) atoms. The van der Waals surface area contributed by atoms with Crippen LogP contribution in [0.15, 0.2) is 36.4 Å². The summed E-state index contributed by atoms with van der Waals surface area (Å²) in [4.78, 5) is 14.1. The molecule has 0 saturated heterocycles. The molecule has 0 atom stereocenters. The summed E-state index contributed by atoms with van der Waals surface area (Å²) >= 11 is 0. The molecule has 0 aliphatic heterocycles. The maximum Gasteiger partial charge on any atom is 0.224 e. The number of benzene rings is 1. The van der Waals surface area contributed by atoms with Crippen LogP contribution in [0.5, 0.6) is 0 Å². The van der Waals surface area contributed by atoms with E-state index in [2.05, 4.69) is 29.3 Å². The third kappa shape index (κ3) is 13.9. The summed E-state index contributed by atoms with van der Waals surface area (Å²) in [5.74, 6) is 0.125. The van der Waals surface area contributed by atoms with Crippen molar-refractivity contribution in [1.29, 1.82) is 0 Å². The van der Waals surface area contributed by atoms with E-state index in [1.807, 2.05) is 38.4 Å². The number of rotatable bonds is 17.